The summed E-state index contributed by atoms with van der Waals surface area (Å²) in [5.74, 6) is -0.715. The van der Waals surface area contributed by atoms with E-state index in [4.69, 9.17) is 5.11 Å². The van der Waals surface area contributed by atoms with Crippen LogP contribution in [0.25, 0.3) is 0 Å². The summed E-state index contributed by atoms with van der Waals surface area (Å²) >= 11 is 0. The molecule has 1 atom stereocenters. The average molecular weight is 198 g/mol. The van der Waals surface area contributed by atoms with E-state index in [1.807, 2.05) is 0 Å². The molecule has 1 aliphatic heterocycles. The van der Waals surface area contributed by atoms with Gasteiger partial charge in [0.15, 0.2) is 0 Å². The van der Waals surface area contributed by atoms with Gasteiger partial charge in [-0.15, -0.1) is 0 Å². The van der Waals surface area contributed by atoms with Gasteiger partial charge in [0, 0.05) is 25.7 Å². The zero-order chi connectivity index (χ0) is 9.97. The van der Waals surface area contributed by atoms with Crippen molar-refractivity contribution in [1.29, 1.82) is 0 Å². The Bertz CT molecular complexity index is 214. The molecule has 0 amide bonds. The second-order valence-electron chi connectivity index (χ2n) is 4.28. The molecule has 80 valence electrons. The van der Waals surface area contributed by atoms with Gasteiger partial charge in [-0.3, -0.25) is 9.69 Å². The molecule has 1 heterocycles. The van der Waals surface area contributed by atoms with Crippen LogP contribution in [0.5, 0.6) is 0 Å². The van der Waals surface area contributed by atoms with E-state index < -0.39 is 5.97 Å². The molecule has 4 heteroatoms. The van der Waals surface area contributed by atoms with E-state index in [-0.39, 0.29) is 6.04 Å². The van der Waals surface area contributed by atoms with E-state index in [1.165, 1.54) is 25.7 Å². The molecule has 0 aromatic heterocycles. The molecule has 2 fully saturated rings. The molecule has 0 spiro atoms. The van der Waals surface area contributed by atoms with Crippen LogP contribution >= 0.6 is 0 Å². The van der Waals surface area contributed by atoms with Crippen molar-refractivity contribution in [3.63, 3.8) is 0 Å². The van der Waals surface area contributed by atoms with Crippen molar-refractivity contribution >= 4 is 5.97 Å². The van der Waals surface area contributed by atoms with E-state index in [1.54, 1.807) is 0 Å². The van der Waals surface area contributed by atoms with Crippen molar-refractivity contribution in [2.45, 2.75) is 37.8 Å². The minimum atomic E-state index is -0.715. The third-order valence-electron chi connectivity index (χ3n) is 3.35. The number of nitrogens with zero attached hydrogens (tertiary/aromatic N) is 1. The van der Waals surface area contributed by atoms with E-state index in [0.717, 1.165) is 13.1 Å². The van der Waals surface area contributed by atoms with Crippen LogP contribution in [0.15, 0.2) is 0 Å². The quantitative estimate of drug-likeness (QED) is 0.669. The topological polar surface area (TPSA) is 52.6 Å². The second-order valence-corrected chi connectivity index (χ2v) is 4.28. The van der Waals surface area contributed by atoms with Crippen LogP contribution in [0.3, 0.4) is 0 Å². The predicted molar refractivity (Wildman–Crippen MR) is 53.3 cm³/mol. The van der Waals surface area contributed by atoms with Gasteiger partial charge in [-0.05, 0) is 12.8 Å². The molecule has 2 N–H and O–H groups in total. The zero-order valence-electron chi connectivity index (χ0n) is 8.41. The molecular weight excluding hydrogens is 180 g/mol. The van der Waals surface area contributed by atoms with E-state index in [2.05, 4.69) is 10.2 Å². The standard InChI is InChI=1S/C10H18N2O2/c13-10(14)9-7-12(6-5-11-9)8-3-1-2-4-8/h8-9,11H,1-7H2,(H,13,14). The Morgan fingerprint density at radius 1 is 1.36 bits per heavy atom. The van der Waals surface area contributed by atoms with Crippen LogP contribution in [-0.2, 0) is 4.79 Å². The maximum atomic E-state index is 10.8. The average Bonchev–Trinajstić information content (AvgIpc) is 2.71. The first kappa shape index (κ1) is 9.93. The van der Waals surface area contributed by atoms with Crippen LogP contribution in [0.2, 0.25) is 0 Å². The van der Waals surface area contributed by atoms with E-state index in [0.29, 0.717) is 12.6 Å². The normalized spacial score (nSPS) is 30.7. The van der Waals surface area contributed by atoms with Gasteiger partial charge >= 0.3 is 5.97 Å². The summed E-state index contributed by atoms with van der Waals surface area (Å²) < 4.78 is 0. The van der Waals surface area contributed by atoms with Gasteiger partial charge in [0.05, 0.1) is 0 Å². The van der Waals surface area contributed by atoms with Gasteiger partial charge in [0.1, 0.15) is 6.04 Å². The maximum absolute atomic E-state index is 10.8. The molecule has 1 saturated heterocycles. The zero-order valence-corrected chi connectivity index (χ0v) is 8.41. The smallest absolute Gasteiger partial charge is 0.322 e. The highest BCUT2D eigenvalue weighted by Gasteiger charge is 2.30. The Hall–Kier alpha value is -0.610. The van der Waals surface area contributed by atoms with Gasteiger partial charge in [-0.1, -0.05) is 12.8 Å². The van der Waals surface area contributed by atoms with Crippen LogP contribution in [0.1, 0.15) is 25.7 Å². The highest BCUT2D eigenvalue weighted by atomic mass is 16.4. The van der Waals surface area contributed by atoms with Gasteiger partial charge in [0.2, 0.25) is 0 Å². The first-order valence-corrected chi connectivity index (χ1v) is 5.47. The molecule has 2 aliphatic rings. The Morgan fingerprint density at radius 2 is 2.07 bits per heavy atom. The number of carboxylic acid groups (broad SMARTS) is 1. The van der Waals surface area contributed by atoms with Gasteiger partial charge in [-0.2, -0.15) is 0 Å². The van der Waals surface area contributed by atoms with E-state index in [9.17, 15) is 4.79 Å². The Kier molecular flexibility index (Phi) is 3.03. The van der Waals surface area contributed by atoms with Gasteiger partial charge in [-0.25, -0.2) is 0 Å². The molecule has 14 heavy (non-hydrogen) atoms. The maximum Gasteiger partial charge on any atom is 0.322 e. The lowest BCUT2D eigenvalue weighted by Gasteiger charge is -2.35. The Balaban J connectivity index is 1.89. The van der Waals surface area contributed by atoms with E-state index >= 15 is 0 Å². The van der Waals surface area contributed by atoms with Crippen LogP contribution < -0.4 is 5.32 Å². The fourth-order valence-electron chi connectivity index (χ4n) is 2.54. The summed E-state index contributed by atoms with van der Waals surface area (Å²) in [6.45, 7) is 2.50. The molecule has 1 aliphatic carbocycles. The number of aliphatic carboxylic acids is 1. The van der Waals surface area contributed by atoms with Gasteiger partial charge < -0.3 is 10.4 Å². The minimum absolute atomic E-state index is 0.357. The summed E-state index contributed by atoms with van der Waals surface area (Å²) in [4.78, 5) is 13.2. The first-order chi connectivity index (χ1) is 6.77. The van der Waals surface area contributed by atoms with Gasteiger partial charge in [0.25, 0.3) is 0 Å². The molecule has 0 aromatic carbocycles. The third-order valence-corrected chi connectivity index (χ3v) is 3.35. The number of hydrogen-bond acceptors (Lipinski definition) is 3. The lowest BCUT2D eigenvalue weighted by molar-refractivity contribution is -0.140. The summed E-state index contributed by atoms with van der Waals surface area (Å²) in [6, 6.07) is 0.295. The summed E-state index contributed by atoms with van der Waals surface area (Å²) in [7, 11) is 0. The number of piperazine rings is 1. The van der Waals surface area contributed by atoms with Crippen molar-refractivity contribution in [3.05, 3.63) is 0 Å². The van der Waals surface area contributed by atoms with Crippen LogP contribution in [0, 0.1) is 0 Å². The largest absolute Gasteiger partial charge is 0.480 e. The molecule has 1 unspecified atom stereocenters. The van der Waals surface area contributed by atoms with Crippen molar-refractivity contribution in [2.75, 3.05) is 19.6 Å². The summed E-state index contributed by atoms with van der Waals surface area (Å²) in [5, 5.41) is 11.9. The van der Waals surface area contributed by atoms with Crippen molar-refractivity contribution in [1.82, 2.24) is 10.2 Å². The number of rotatable bonds is 2. The molecule has 0 bridgehead atoms. The monoisotopic (exact) mass is 198 g/mol. The Morgan fingerprint density at radius 3 is 2.71 bits per heavy atom. The van der Waals surface area contributed by atoms with Crippen molar-refractivity contribution in [2.24, 2.45) is 0 Å². The second kappa shape index (κ2) is 4.28. The van der Waals surface area contributed by atoms with Crippen molar-refractivity contribution < 1.29 is 9.90 Å². The third kappa shape index (κ3) is 2.07. The fourth-order valence-corrected chi connectivity index (χ4v) is 2.54. The molecule has 0 radical (unpaired) electrons. The first-order valence-electron chi connectivity index (χ1n) is 5.47. The predicted octanol–water partition coefficient (Wildman–Crippen LogP) is 0.287. The molecule has 0 aromatic rings. The lowest BCUT2D eigenvalue weighted by atomic mass is 10.1. The molecule has 2 rings (SSSR count). The molecule has 1 saturated carbocycles. The fraction of sp³-hybridized carbons (Fsp3) is 0.900. The minimum Gasteiger partial charge on any atom is -0.480 e. The summed E-state index contributed by atoms with van der Waals surface area (Å²) in [5.41, 5.74) is 0. The Labute approximate surface area is 84.3 Å². The van der Waals surface area contributed by atoms with Crippen LogP contribution in [0.4, 0.5) is 0 Å². The molecule has 4 nitrogen and oxygen atoms in total. The number of nitrogens with one attached hydrogen (secondary N) is 1. The number of carbonyl (C=O) groups is 1. The number of carboxylic acids is 1. The number of hydrogen-bond donors (Lipinski definition) is 2. The lowest BCUT2D eigenvalue weighted by Crippen LogP contribution is -2.56. The SMILES string of the molecule is O=C(O)C1CN(C2CCCC2)CCN1. The highest BCUT2D eigenvalue weighted by molar-refractivity contribution is 5.73. The molecular formula is C10H18N2O2. The summed E-state index contributed by atoms with van der Waals surface area (Å²) in [6.07, 6.45) is 5.14. The van der Waals surface area contributed by atoms with Crippen molar-refractivity contribution in [3.8, 4) is 0 Å². The van der Waals surface area contributed by atoms with Crippen LogP contribution in [-0.4, -0.2) is 47.7 Å². The highest BCUT2D eigenvalue weighted by Crippen LogP contribution is 2.24.